The molecule has 11 heavy (non-hydrogen) atoms. The maximum Gasteiger partial charge on any atom is 0.317 e. The van der Waals surface area contributed by atoms with E-state index in [1.807, 2.05) is 0 Å². The number of hydrogen-bond donors (Lipinski definition) is 3. The molecule has 0 aromatic rings. The summed E-state index contributed by atoms with van der Waals surface area (Å²) in [6.45, 7) is 0.117. The van der Waals surface area contributed by atoms with E-state index in [-0.39, 0.29) is 25.2 Å². The van der Waals surface area contributed by atoms with Crippen molar-refractivity contribution in [2.75, 3.05) is 27.2 Å². The van der Waals surface area contributed by atoms with E-state index in [1.54, 1.807) is 14.1 Å². The van der Waals surface area contributed by atoms with Crippen LogP contribution in [0.1, 0.15) is 0 Å². The van der Waals surface area contributed by atoms with Gasteiger partial charge in [0.2, 0.25) is 0 Å². The van der Waals surface area contributed by atoms with Gasteiger partial charge in [-0.15, -0.1) is 0 Å². The van der Waals surface area contributed by atoms with Gasteiger partial charge in [0.15, 0.2) is 0 Å². The van der Waals surface area contributed by atoms with Crippen molar-refractivity contribution in [3.63, 3.8) is 0 Å². The average molecular weight is 161 g/mol. The van der Waals surface area contributed by atoms with E-state index in [2.05, 4.69) is 5.32 Å². The van der Waals surface area contributed by atoms with Crippen LogP contribution in [0.2, 0.25) is 0 Å². The monoisotopic (exact) mass is 161 g/mol. The Morgan fingerprint density at radius 2 is 2.27 bits per heavy atom. The smallest absolute Gasteiger partial charge is 0.317 e. The number of carbonyl (C=O) groups is 1. The van der Waals surface area contributed by atoms with Gasteiger partial charge in [0.1, 0.15) is 0 Å². The largest absolute Gasteiger partial charge is 0.394 e. The zero-order chi connectivity index (χ0) is 8.85. The van der Waals surface area contributed by atoms with E-state index in [0.717, 1.165) is 0 Å². The van der Waals surface area contributed by atoms with Crippen molar-refractivity contribution in [1.82, 2.24) is 10.2 Å². The molecule has 0 aliphatic heterocycles. The Labute approximate surface area is 66.2 Å². The lowest BCUT2D eigenvalue weighted by Gasteiger charge is -2.17. The number of hydrogen-bond acceptors (Lipinski definition) is 3. The van der Waals surface area contributed by atoms with Crippen molar-refractivity contribution >= 4 is 6.03 Å². The first-order valence-corrected chi connectivity index (χ1v) is 3.40. The molecule has 0 saturated carbocycles. The van der Waals surface area contributed by atoms with Crippen molar-refractivity contribution < 1.29 is 9.90 Å². The van der Waals surface area contributed by atoms with Gasteiger partial charge in [0.05, 0.1) is 12.6 Å². The zero-order valence-electron chi connectivity index (χ0n) is 6.87. The first-order chi connectivity index (χ1) is 5.11. The van der Waals surface area contributed by atoms with Gasteiger partial charge in [0.25, 0.3) is 0 Å². The molecule has 1 unspecified atom stereocenters. The highest BCUT2D eigenvalue weighted by Gasteiger charge is 2.09. The molecule has 66 valence electrons. The molecule has 1 atom stereocenters. The lowest BCUT2D eigenvalue weighted by atomic mass is 10.3. The second-order valence-electron chi connectivity index (χ2n) is 2.46. The van der Waals surface area contributed by atoms with E-state index >= 15 is 0 Å². The number of aliphatic hydroxyl groups is 1. The third-order valence-electron chi connectivity index (χ3n) is 1.24. The van der Waals surface area contributed by atoms with Crippen LogP contribution in [0, 0.1) is 0 Å². The summed E-state index contributed by atoms with van der Waals surface area (Å²) >= 11 is 0. The fourth-order valence-electron chi connectivity index (χ4n) is 0.483. The number of amides is 2. The number of aliphatic hydroxyl groups excluding tert-OH is 1. The van der Waals surface area contributed by atoms with Crippen LogP contribution in [0.3, 0.4) is 0 Å². The molecule has 0 aliphatic rings. The molecule has 2 amide bonds. The third kappa shape index (κ3) is 3.79. The van der Waals surface area contributed by atoms with Gasteiger partial charge < -0.3 is 21.1 Å². The summed E-state index contributed by atoms with van der Waals surface area (Å²) in [6, 6.07) is -0.584. The van der Waals surface area contributed by atoms with Crippen molar-refractivity contribution in [3.8, 4) is 0 Å². The summed E-state index contributed by atoms with van der Waals surface area (Å²) in [6.07, 6.45) is 0. The van der Waals surface area contributed by atoms with Crippen LogP contribution in [-0.4, -0.2) is 49.3 Å². The maximum atomic E-state index is 10.9. The fraction of sp³-hybridized carbons (Fsp3) is 0.833. The predicted molar refractivity (Wildman–Crippen MR) is 42.1 cm³/mol. The minimum atomic E-state index is -0.343. The Morgan fingerprint density at radius 1 is 1.73 bits per heavy atom. The van der Waals surface area contributed by atoms with Crippen LogP contribution in [0.4, 0.5) is 4.79 Å². The Balaban J connectivity index is 3.72. The zero-order valence-corrected chi connectivity index (χ0v) is 6.87. The van der Waals surface area contributed by atoms with Crippen LogP contribution in [0.25, 0.3) is 0 Å². The Morgan fingerprint density at radius 3 is 2.55 bits per heavy atom. The molecule has 4 N–H and O–H groups in total. The molecule has 0 fully saturated rings. The molecule has 0 rings (SSSR count). The number of nitrogens with two attached hydrogens (primary N) is 1. The predicted octanol–water partition coefficient (Wildman–Crippen LogP) is -1.42. The van der Waals surface area contributed by atoms with Gasteiger partial charge in [-0.3, -0.25) is 0 Å². The van der Waals surface area contributed by atoms with Crippen molar-refractivity contribution in [3.05, 3.63) is 0 Å². The Kier molecular flexibility index (Phi) is 4.56. The van der Waals surface area contributed by atoms with Crippen LogP contribution in [-0.2, 0) is 0 Å². The minimum Gasteiger partial charge on any atom is -0.394 e. The quantitative estimate of drug-likeness (QED) is 0.475. The second-order valence-corrected chi connectivity index (χ2v) is 2.46. The molecule has 0 saturated heterocycles. The van der Waals surface area contributed by atoms with Crippen LogP contribution >= 0.6 is 0 Å². The lowest BCUT2D eigenvalue weighted by molar-refractivity contribution is 0.199. The summed E-state index contributed by atoms with van der Waals surface area (Å²) in [5, 5.41) is 11.2. The van der Waals surface area contributed by atoms with Crippen LogP contribution in [0.15, 0.2) is 0 Å². The highest BCUT2D eigenvalue weighted by Crippen LogP contribution is 1.82. The Hall–Kier alpha value is -0.810. The highest BCUT2D eigenvalue weighted by molar-refractivity contribution is 5.73. The number of nitrogens with one attached hydrogen (secondary N) is 1. The van der Waals surface area contributed by atoms with Crippen LogP contribution < -0.4 is 11.1 Å². The molecule has 0 radical (unpaired) electrons. The molecular formula is C6H15N3O2. The molecule has 0 bridgehead atoms. The molecule has 0 aromatic carbocycles. The first kappa shape index (κ1) is 10.2. The van der Waals surface area contributed by atoms with Gasteiger partial charge >= 0.3 is 6.03 Å². The summed E-state index contributed by atoms with van der Waals surface area (Å²) in [5.41, 5.74) is 5.24. The van der Waals surface area contributed by atoms with E-state index in [9.17, 15) is 4.79 Å². The van der Waals surface area contributed by atoms with Crippen molar-refractivity contribution in [2.24, 2.45) is 5.73 Å². The normalized spacial score (nSPS) is 12.4. The first-order valence-electron chi connectivity index (χ1n) is 3.40. The standard InChI is InChI=1S/C6H15N3O2/c1-9(2)6(11)8-5(3-7)4-10/h5,10H,3-4,7H2,1-2H3,(H,8,11). The Bertz CT molecular complexity index is 123. The van der Waals surface area contributed by atoms with E-state index in [4.69, 9.17) is 10.8 Å². The van der Waals surface area contributed by atoms with Gasteiger partial charge in [-0.1, -0.05) is 0 Å². The third-order valence-corrected chi connectivity index (χ3v) is 1.24. The van der Waals surface area contributed by atoms with Gasteiger partial charge in [-0.05, 0) is 0 Å². The number of rotatable bonds is 3. The maximum absolute atomic E-state index is 10.9. The van der Waals surface area contributed by atoms with Gasteiger partial charge in [0, 0.05) is 20.6 Å². The van der Waals surface area contributed by atoms with Gasteiger partial charge in [-0.25, -0.2) is 4.79 Å². The van der Waals surface area contributed by atoms with Crippen molar-refractivity contribution in [2.45, 2.75) is 6.04 Å². The van der Waals surface area contributed by atoms with Crippen molar-refractivity contribution in [1.29, 1.82) is 0 Å². The fourth-order valence-corrected chi connectivity index (χ4v) is 0.483. The topological polar surface area (TPSA) is 78.6 Å². The molecule has 5 nitrogen and oxygen atoms in total. The second kappa shape index (κ2) is 4.92. The minimum absolute atomic E-state index is 0.129. The van der Waals surface area contributed by atoms with Crippen LogP contribution in [0.5, 0.6) is 0 Å². The molecule has 0 aliphatic carbocycles. The number of carbonyl (C=O) groups excluding carboxylic acids is 1. The van der Waals surface area contributed by atoms with E-state index in [0.29, 0.717) is 0 Å². The summed E-state index contributed by atoms with van der Waals surface area (Å²) in [7, 11) is 3.25. The highest BCUT2D eigenvalue weighted by atomic mass is 16.3. The molecule has 5 heteroatoms. The SMILES string of the molecule is CN(C)C(=O)NC(CN)CO. The van der Waals surface area contributed by atoms with E-state index in [1.165, 1.54) is 4.90 Å². The number of nitrogens with zero attached hydrogens (tertiary/aromatic N) is 1. The average Bonchev–Trinajstić information content (AvgIpc) is 1.99. The van der Waals surface area contributed by atoms with E-state index < -0.39 is 0 Å². The molecular weight excluding hydrogens is 146 g/mol. The summed E-state index contributed by atoms with van der Waals surface area (Å²) in [4.78, 5) is 12.3. The lowest BCUT2D eigenvalue weighted by Crippen LogP contribution is -2.46. The number of urea groups is 1. The van der Waals surface area contributed by atoms with Gasteiger partial charge in [-0.2, -0.15) is 0 Å². The molecule has 0 aromatic heterocycles. The summed E-state index contributed by atoms with van der Waals surface area (Å²) < 4.78 is 0. The molecule has 0 heterocycles. The molecule has 0 spiro atoms. The summed E-state index contributed by atoms with van der Waals surface area (Å²) in [5.74, 6) is 0.